The van der Waals surface area contributed by atoms with Crippen LogP contribution in [0.15, 0.2) is 48.7 Å². The number of rotatable bonds is 2. The van der Waals surface area contributed by atoms with Gasteiger partial charge in [0.25, 0.3) is 17.4 Å². The van der Waals surface area contributed by atoms with Gasteiger partial charge >= 0.3 is 0 Å². The summed E-state index contributed by atoms with van der Waals surface area (Å²) in [6.45, 7) is 1.43. The molecule has 3 rings (SSSR count). The third-order valence-corrected chi connectivity index (χ3v) is 3.22. The molecule has 6 heteroatoms. The van der Waals surface area contributed by atoms with Crippen molar-refractivity contribution in [1.29, 1.82) is 0 Å². The maximum atomic E-state index is 12.4. The Kier molecular flexibility index (Phi) is 3.06. The largest absolute Gasteiger partial charge is 0.466 e. The van der Waals surface area contributed by atoms with Crippen LogP contribution in [0.1, 0.15) is 6.92 Å². The number of aromatic nitrogens is 1. The van der Waals surface area contributed by atoms with Crippen LogP contribution in [0.3, 0.4) is 0 Å². The maximum Gasteiger partial charge on any atom is 0.279 e. The van der Waals surface area contributed by atoms with Gasteiger partial charge in [-0.05, 0) is 31.2 Å². The molecule has 1 aliphatic heterocycles. The first-order chi connectivity index (χ1) is 10.1. The summed E-state index contributed by atoms with van der Waals surface area (Å²) >= 11 is 0. The Bertz CT molecular complexity index is 702. The molecule has 0 saturated heterocycles. The van der Waals surface area contributed by atoms with E-state index in [4.69, 9.17) is 4.74 Å². The fraction of sp³-hybridized carbons (Fsp3) is 0.133. The van der Waals surface area contributed by atoms with E-state index in [1.165, 1.54) is 6.92 Å². The van der Waals surface area contributed by atoms with Crippen molar-refractivity contribution in [1.82, 2.24) is 4.98 Å². The number of para-hydroxylation sites is 2. The van der Waals surface area contributed by atoms with E-state index in [-0.39, 0.29) is 0 Å². The molecule has 0 saturated carbocycles. The van der Waals surface area contributed by atoms with Crippen LogP contribution in [0.2, 0.25) is 0 Å². The van der Waals surface area contributed by atoms with E-state index in [1.807, 2.05) is 0 Å². The van der Waals surface area contributed by atoms with E-state index in [0.29, 0.717) is 17.3 Å². The average Bonchev–Trinajstić information content (AvgIpc) is 2.49. The normalized spacial score (nSPS) is 20.0. The third-order valence-electron chi connectivity index (χ3n) is 3.22. The summed E-state index contributed by atoms with van der Waals surface area (Å²) in [6, 6.07) is 12.1. The maximum absolute atomic E-state index is 12.4. The number of ether oxygens (including phenoxy) is 1. The van der Waals surface area contributed by atoms with Gasteiger partial charge in [-0.1, -0.05) is 18.2 Å². The number of amides is 2. The number of pyridine rings is 1. The number of carbonyl (C=O) groups is 2. The molecular weight excluding hydrogens is 270 g/mol. The number of nitrogens with zero attached hydrogens (tertiary/aromatic N) is 1. The Hall–Kier alpha value is -2.89. The molecule has 21 heavy (non-hydrogen) atoms. The van der Waals surface area contributed by atoms with Gasteiger partial charge in [-0.3, -0.25) is 9.59 Å². The molecule has 0 spiro atoms. The molecule has 6 nitrogen and oxygen atoms in total. The van der Waals surface area contributed by atoms with Gasteiger partial charge in [0.2, 0.25) is 0 Å². The van der Waals surface area contributed by atoms with E-state index >= 15 is 0 Å². The van der Waals surface area contributed by atoms with Gasteiger partial charge in [0, 0.05) is 6.20 Å². The van der Waals surface area contributed by atoms with Crippen LogP contribution in [-0.4, -0.2) is 22.4 Å². The van der Waals surface area contributed by atoms with Gasteiger partial charge in [-0.2, -0.15) is 0 Å². The molecule has 1 aliphatic rings. The standard InChI is InChI=1S/C15H13N3O3/c1-15(14(20)18-12-8-4-5-9-16-12)13(19)17-10-6-2-3-7-11(10)21-15/h2-9H,1H3,(H,17,19)(H,16,18,20)/t15-/m0/s1. The number of carbonyl (C=O) groups excluding carboxylic acids is 2. The minimum absolute atomic E-state index is 0.360. The Labute approximate surface area is 121 Å². The smallest absolute Gasteiger partial charge is 0.279 e. The predicted octanol–water partition coefficient (Wildman–Crippen LogP) is 1.81. The zero-order chi connectivity index (χ0) is 14.9. The molecule has 0 radical (unpaired) electrons. The van der Waals surface area contributed by atoms with Crippen LogP contribution in [0, 0.1) is 0 Å². The van der Waals surface area contributed by atoms with Crippen LogP contribution >= 0.6 is 0 Å². The second-order valence-corrected chi connectivity index (χ2v) is 4.75. The number of fused-ring (bicyclic) bond motifs is 1. The minimum atomic E-state index is -1.65. The molecule has 0 fully saturated rings. The highest BCUT2D eigenvalue weighted by Gasteiger charge is 2.47. The van der Waals surface area contributed by atoms with Crippen molar-refractivity contribution in [3.63, 3.8) is 0 Å². The lowest BCUT2D eigenvalue weighted by Gasteiger charge is -2.33. The van der Waals surface area contributed by atoms with Crippen LogP contribution in [0.5, 0.6) is 5.75 Å². The molecule has 1 atom stereocenters. The van der Waals surface area contributed by atoms with Gasteiger partial charge in [0.15, 0.2) is 0 Å². The Morgan fingerprint density at radius 2 is 2.00 bits per heavy atom. The van der Waals surface area contributed by atoms with Crippen LogP contribution in [0.25, 0.3) is 0 Å². The van der Waals surface area contributed by atoms with Crippen molar-refractivity contribution in [3.05, 3.63) is 48.7 Å². The summed E-state index contributed by atoms with van der Waals surface area (Å²) < 4.78 is 5.61. The number of hydrogen-bond donors (Lipinski definition) is 2. The summed E-state index contributed by atoms with van der Waals surface area (Å²) in [6.07, 6.45) is 1.55. The molecular formula is C15H13N3O3. The molecule has 2 heterocycles. The van der Waals surface area contributed by atoms with Gasteiger partial charge < -0.3 is 15.4 Å². The highest BCUT2D eigenvalue weighted by molar-refractivity contribution is 6.18. The summed E-state index contributed by atoms with van der Waals surface area (Å²) in [5, 5.41) is 5.25. The number of benzene rings is 1. The van der Waals surface area contributed by atoms with E-state index in [9.17, 15) is 9.59 Å². The van der Waals surface area contributed by atoms with Crippen molar-refractivity contribution >= 4 is 23.3 Å². The van der Waals surface area contributed by atoms with Gasteiger partial charge in [0.1, 0.15) is 11.6 Å². The van der Waals surface area contributed by atoms with Gasteiger partial charge in [-0.15, -0.1) is 0 Å². The van der Waals surface area contributed by atoms with Crippen LogP contribution < -0.4 is 15.4 Å². The molecule has 0 bridgehead atoms. The van der Waals surface area contributed by atoms with E-state index < -0.39 is 17.4 Å². The van der Waals surface area contributed by atoms with Crippen molar-refractivity contribution in [3.8, 4) is 5.75 Å². The molecule has 0 unspecified atom stereocenters. The first kappa shape index (κ1) is 13.1. The average molecular weight is 283 g/mol. The molecule has 2 N–H and O–H groups in total. The highest BCUT2D eigenvalue weighted by Crippen LogP contribution is 2.33. The van der Waals surface area contributed by atoms with Crippen molar-refractivity contribution < 1.29 is 14.3 Å². The van der Waals surface area contributed by atoms with Crippen LogP contribution in [-0.2, 0) is 9.59 Å². The molecule has 1 aromatic heterocycles. The number of anilines is 2. The zero-order valence-corrected chi connectivity index (χ0v) is 11.3. The minimum Gasteiger partial charge on any atom is -0.466 e. The monoisotopic (exact) mass is 283 g/mol. The van der Waals surface area contributed by atoms with E-state index in [2.05, 4.69) is 15.6 Å². The first-order valence-corrected chi connectivity index (χ1v) is 6.41. The van der Waals surface area contributed by atoms with Gasteiger partial charge in [0.05, 0.1) is 5.69 Å². The second-order valence-electron chi connectivity index (χ2n) is 4.75. The quantitative estimate of drug-likeness (QED) is 0.824. The summed E-state index contributed by atoms with van der Waals surface area (Å²) in [5.74, 6) is -0.280. The van der Waals surface area contributed by atoms with E-state index in [1.54, 1.807) is 48.7 Å². The topological polar surface area (TPSA) is 80.3 Å². The second kappa shape index (κ2) is 4.90. The lowest BCUT2D eigenvalue weighted by molar-refractivity contribution is -0.143. The Balaban J connectivity index is 1.87. The van der Waals surface area contributed by atoms with Gasteiger partial charge in [-0.25, -0.2) is 4.98 Å². The first-order valence-electron chi connectivity index (χ1n) is 6.41. The van der Waals surface area contributed by atoms with Crippen molar-refractivity contribution in [2.24, 2.45) is 0 Å². The predicted molar refractivity (Wildman–Crippen MR) is 77.0 cm³/mol. The lowest BCUT2D eigenvalue weighted by Crippen LogP contribution is -2.56. The fourth-order valence-corrected chi connectivity index (χ4v) is 1.99. The molecule has 106 valence electrons. The Morgan fingerprint density at radius 1 is 1.24 bits per heavy atom. The lowest BCUT2D eigenvalue weighted by atomic mass is 10.0. The van der Waals surface area contributed by atoms with E-state index in [0.717, 1.165) is 0 Å². The third kappa shape index (κ3) is 2.31. The zero-order valence-electron chi connectivity index (χ0n) is 11.3. The number of nitrogens with one attached hydrogen (secondary N) is 2. The van der Waals surface area contributed by atoms with Crippen LogP contribution in [0.4, 0.5) is 11.5 Å². The summed E-state index contributed by atoms with van der Waals surface area (Å²) in [4.78, 5) is 28.6. The highest BCUT2D eigenvalue weighted by atomic mass is 16.5. The van der Waals surface area contributed by atoms with Crippen molar-refractivity contribution in [2.45, 2.75) is 12.5 Å². The SMILES string of the molecule is C[C@]1(C(=O)Nc2ccccn2)Oc2ccccc2NC1=O. The molecule has 2 amide bonds. The number of hydrogen-bond acceptors (Lipinski definition) is 4. The summed E-state index contributed by atoms with van der Waals surface area (Å²) in [5.41, 5.74) is -1.10. The molecule has 1 aromatic carbocycles. The van der Waals surface area contributed by atoms with Crippen molar-refractivity contribution in [2.75, 3.05) is 10.6 Å². The summed E-state index contributed by atoms with van der Waals surface area (Å²) in [7, 11) is 0. The Morgan fingerprint density at radius 3 is 2.76 bits per heavy atom. The molecule has 2 aromatic rings. The molecule has 0 aliphatic carbocycles. The fourth-order valence-electron chi connectivity index (χ4n) is 1.99.